The third-order valence-corrected chi connectivity index (χ3v) is 5.31. The van der Waals surface area contributed by atoms with Gasteiger partial charge in [0.15, 0.2) is 0 Å². The van der Waals surface area contributed by atoms with Crippen LogP contribution in [-0.4, -0.2) is 16.4 Å². The lowest BCUT2D eigenvalue weighted by Gasteiger charge is -2.41. The van der Waals surface area contributed by atoms with Crippen molar-refractivity contribution in [2.24, 2.45) is 0 Å². The maximum Gasteiger partial charge on any atom is 0.270 e. The summed E-state index contributed by atoms with van der Waals surface area (Å²) in [6.45, 7) is 4.19. The van der Waals surface area contributed by atoms with Crippen LogP contribution in [0.5, 0.6) is 5.75 Å². The molecule has 0 aliphatic carbocycles. The zero-order valence-corrected chi connectivity index (χ0v) is 16.1. The van der Waals surface area contributed by atoms with Crippen molar-refractivity contribution in [1.29, 1.82) is 0 Å². The van der Waals surface area contributed by atoms with Gasteiger partial charge in [0, 0.05) is 30.2 Å². The number of fused-ring (bicyclic) bond motifs is 1. The van der Waals surface area contributed by atoms with Gasteiger partial charge >= 0.3 is 0 Å². The average molecular weight is 380 g/mol. The third kappa shape index (κ3) is 4.22. The zero-order valence-electron chi connectivity index (χ0n) is 16.1. The fourth-order valence-electron chi connectivity index (χ4n) is 3.56. The first-order valence-electron chi connectivity index (χ1n) is 9.47. The summed E-state index contributed by atoms with van der Waals surface area (Å²) in [4.78, 5) is 23.0. The van der Waals surface area contributed by atoms with Gasteiger partial charge in [0.1, 0.15) is 11.4 Å². The van der Waals surface area contributed by atoms with E-state index < -0.39 is 4.92 Å². The Morgan fingerprint density at radius 2 is 2.00 bits per heavy atom. The number of carbonyl (C=O) groups is 1. The molecule has 28 heavy (non-hydrogen) atoms. The first kappa shape index (κ1) is 19.6. The highest BCUT2D eigenvalue weighted by Gasteiger charge is 2.38. The third-order valence-electron chi connectivity index (χ3n) is 5.31. The largest absolute Gasteiger partial charge is 0.487 e. The molecule has 2 aromatic carbocycles. The molecular weight excluding hydrogens is 356 g/mol. The maximum atomic E-state index is 12.5. The number of benzene rings is 2. The zero-order chi connectivity index (χ0) is 20.1. The second kappa shape index (κ2) is 8.25. The van der Waals surface area contributed by atoms with Gasteiger partial charge in [-0.1, -0.05) is 44.2 Å². The number of para-hydroxylation sites is 1. The molecule has 0 unspecified atom stereocenters. The van der Waals surface area contributed by atoms with Gasteiger partial charge in [-0.25, -0.2) is 0 Å². The minimum absolute atomic E-state index is 0.00316. The van der Waals surface area contributed by atoms with E-state index in [0.717, 1.165) is 24.2 Å². The van der Waals surface area contributed by atoms with E-state index in [1.807, 2.05) is 24.3 Å². The van der Waals surface area contributed by atoms with E-state index in [9.17, 15) is 14.9 Å². The Morgan fingerprint density at radius 1 is 1.25 bits per heavy atom. The van der Waals surface area contributed by atoms with Crippen LogP contribution in [0.3, 0.4) is 0 Å². The molecular formula is C22H24N2O4. The number of nitrogens with zero attached hydrogens (tertiary/aromatic N) is 1. The van der Waals surface area contributed by atoms with Crippen molar-refractivity contribution in [1.82, 2.24) is 5.32 Å². The predicted octanol–water partition coefficient (Wildman–Crippen LogP) is 4.81. The number of nitro benzene ring substituents is 1. The van der Waals surface area contributed by atoms with Gasteiger partial charge < -0.3 is 10.1 Å². The van der Waals surface area contributed by atoms with Crippen molar-refractivity contribution in [2.45, 2.75) is 44.8 Å². The number of amides is 1. The Bertz CT molecular complexity index is 903. The smallest absolute Gasteiger partial charge is 0.270 e. The number of carbonyl (C=O) groups excluding carboxylic acids is 1. The fourth-order valence-corrected chi connectivity index (χ4v) is 3.56. The second-order valence-electron chi connectivity index (χ2n) is 6.98. The van der Waals surface area contributed by atoms with E-state index >= 15 is 0 Å². The Kier molecular flexibility index (Phi) is 5.78. The molecule has 1 aliphatic heterocycles. The number of hydrogen-bond donors (Lipinski definition) is 1. The standard InChI is InChI=1S/C22H24N2O4/c1-3-22(4-2)15-19(18-10-5-6-11-20(18)28-22)23-21(25)13-12-16-8-7-9-17(14-16)24(26)27/h5-14,19H,3-4,15H2,1-2H3,(H,23,25)/b13-12+/t19-/m0/s1. The van der Waals surface area contributed by atoms with Gasteiger partial charge in [-0.05, 0) is 30.5 Å². The molecule has 1 N–H and O–H groups in total. The van der Waals surface area contributed by atoms with Gasteiger partial charge in [-0.15, -0.1) is 0 Å². The van der Waals surface area contributed by atoms with E-state index in [4.69, 9.17) is 4.74 Å². The van der Waals surface area contributed by atoms with Crippen LogP contribution in [0, 0.1) is 10.1 Å². The highest BCUT2D eigenvalue weighted by molar-refractivity contribution is 5.92. The molecule has 0 saturated heterocycles. The van der Waals surface area contributed by atoms with Crippen LogP contribution in [0.25, 0.3) is 6.08 Å². The van der Waals surface area contributed by atoms with Crippen molar-refractivity contribution < 1.29 is 14.5 Å². The fraction of sp³-hybridized carbons (Fsp3) is 0.318. The Labute approximate surface area is 164 Å². The van der Waals surface area contributed by atoms with Crippen molar-refractivity contribution in [3.05, 3.63) is 75.8 Å². The Hall–Kier alpha value is -3.15. The van der Waals surface area contributed by atoms with Gasteiger partial charge in [0.05, 0.1) is 11.0 Å². The molecule has 6 nitrogen and oxygen atoms in total. The molecule has 2 aromatic rings. The molecule has 6 heteroatoms. The van der Waals surface area contributed by atoms with Crippen LogP contribution in [-0.2, 0) is 4.79 Å². The summed E-state index contributed by atoms with van der Waals surface area (Å²) in [5.41, 5.74) is 1.28. The first-order valence-corrected chi connectivity index (χ1v) is 9.47. The highest BCUT2D eigenvalue weighted by atomic mass is 16.6. The summed E-state index contributed by atoms with van der Waals surface area (Å²) < 4.78 is 6.26. The van der Waals surface area contributed by atoms with E-state index in [1.165, 1.54) is 18.2 Å². The molecule has 1 amide bonds. The van der Waals surface area contributed by atoms with Gasteiger partial charge in [0.25, 0.3) is 5.69 Å². The van der Waals surface area contributed by atoms with E-state index in [1.54, 1.807) is 18.2 Å². The van der Waals surface area contributed by atoms with Crippen LogP contribution in [0.1, 0.15) is 50.3 Å². The number of ether oxygens (including phenoxy) is 1. The van der Waals surface area contributed by atoms with E-state index in [0.29, 0.717) is 12.0 Å². The topological polar surface area (TPSA) is 81.5 Å². The molecule has 0 saturated carbocycles. The molecule has 0 aromatic heterocycles. The quantitative estimate of drug-likeness (QED) is 0.443. The second-order valence-corrected chi connectivity index (χ2v) is 6.98. The molecule has 146 valence electrons. The molecule has 1 heterocycles. The lowest BCUT2D eigenvalue weighted by atomic mass is 9.83. The van der Waals surface area contributed by atoms with Gasteiger partial charge in [-0.3, -0.25) is 14.9 Å². The van der Waals surface area contributed by atoms with Crippen LogP contribution in [0.15, 0.2) is 54.6 Å². The van der Waals surface area contributed by atoms with Gasteiger partial charge in [-0.2, -0.15) is 0 Å². The maximum absolute atomic E-state index is 12.5. The van der Waals surface area contributed by atoms with Crippen LogP contribution in [0.4, 0.5) is 5.69 Å². The highest BCUT2D eigenvalue weighted by Crippen LogP contribution is 2.42. The van der Waals surface area contributed by atoms with E-state index in [-0.39, 0.29) is 23.2 Å². The molecule has 1 atom stereocenters. The number of nitro groups is 1. The Balaban J connectivity index is 1.77. The average Bonchev–Trinajstić information content (AvgIpc) is 2.72. The monoisotopic (exact) mass is 380 g/mol. The van der Waals surface area contributed by atoms with Crippen molar-refractivity contribution in [3.8, 4) is 5.75 Å². The number of non-ortho nitro benzene ring substituents is 1. The number of nitrogens with one attached hydrogen (secondary N) is 1. The van der Waals surface area contributed by atoms with Crippen LogP contribution >= 0.6 is 0 Å². The molecule has 0 fully saturated rings. The predicted molar refractivity (Wildman–Crippen MR) is 108 cm³/mol. The Morgan fingerprint density at radius 3 is 2.71 bits per heavy atom. The summed E-state index contributed by atoms with van der Waals surface area (Å²) >= 11 is 0. The minimum atomic E-state index is -0.453. The van der Waals surface area contributed by atoms with Gasteiger partial charge in [0.2, 0.25) is 5.91 Å². The summed E-state index contributed by atoms with van der Waals surface area (Å²) in [6.07, 6.45) is 5.41. The molecule has 0 spiro atoms. The summed E-state index contributed by atoms with van der Waals surface area (Å²) in [7, 11) is 0. The van der Waals surface area contributed by atoms with Crippen molar-refractivity contribution >= 4 is 17.7 Å². The van der Waals surface area contributed by atoms with E-state index in [2.05, 4.69) is 19.2 Å². The number of rotatable bonds is 6. The first-order chi connectivity index (χ1) is 13.5. The van der Waals surface area contributed by atoms with Crippen molar-refractivity contribution in [3.63, 3.8) is 0 Å². The SMILES string of the molecule is CCC1(CC)C[C@H](NC(=O)/C=C/c2cccc([N+](=O)[O-])c2)c2ccccc2O1. The molecule has 0 radical (unpaired) electrons. The summed E-state index contributed by atoms with van der Waals surface area (Å²) in [6, 6.07) is 13.8. The molecule has 1 aliphatic rings. The lowest BCUT2D eigenvalue weighted by molar-refractivity contribution is -0.384. The molecule has 0 bridgehead atoms. The summed E-state index contributed by atoms with van der Waals surface area (Å²) in [5.74, 6) is 0.569. The van der Waals surface area contributed by atoms with Crippen molar-refractivity contribution in [2.75, 3.05) is 0 Å². The minimum Gasteiger partial charge on any atom is -0.487 e. The normalized spacial score (nSPS) is 17.6. The lowest BCUT2D eigenvalue weighted by Crippen LogP contribution is -2.44. The van der Waals surface area contributed by atoms with Crippen LogP contribution < -0.4 is 10.1 Å². The van der Waals surface area contributed by atoms with Crippen LogP contribution in [0.2, 0.25) is 0 Å². The molecule has 3 rings (SSSR count). The number of hydrogen-bond acceptors (Lipinski definition) is 4. The summed E-state index contributed by atoms with van der Waals surface area (Å²) in [5, 5.41) is 13.9.